The van der Waals surface area contributed by atoms with Crippen molar-refractivity contribution in [1.82, 2.24) is 14.5 Å². The van der Waals surface area contributed by atoms with E-state index in [0.29, 0.717) is 0 Å². The van der Waals surface area contributed by atoms with Gasteiger partial charge in [0.1, 0.15) is 17.3 Å². The molecule has 0 aliphatic rings. The van der Waals surface area contributed by atoms with Gasteiger partial charge in [0.05, 0.1) is 13.3 Å². The SMILES string of the molecule is COc1cc(-c2nc(CS(C)(=O)=O)ncc2OC(F)F)cn(C)c1=O. The number of ether oxygens (including phenoxy) is 2. The number of hydrogen-bond acceptors (Lipinski definition) is 7. The molecule has 0 aromatic carbocycles. The topological polar surface area (TPSA) is 100 Å². The first-order valence-corrected chi connectivity index (χ1v) is 8.90. The molecule has 2 rings (SSSR count). The first-order chi connectivity index (χ1) is 11.6. The molecule has 0 bridgehead atoms. The Bertz CT molecular complexity index is 944. The molecule has 0 radical (unpaired) electrons. The highest BCUT2D eigenvalue weighted by atomic mass is 32.2. The van der Waals surface area contributed by atoms with Crippen LogP contribution in [-0.2, 0) is 22.6 Å². The summed E-state index contributed by atoms with van der Waals surface area (Å²) in [5, 5.41) is 0. The van der Waals surface area contributed by atoms with Gasteiger partial charge >= 0.3 is 6.61 Å². The maximum Gasteiger partial charge on any atom is 0.387 e. The Hall–Kier alpha value is -2.56. The fraction of sp³-hybridized carbons (Fsp3) is 0.357. The third kappa shape index (κ3) is 4.72. The van der Waals surface area contributed by atoms with Gasteiger partial charge in [0, 0.05) is 25.1 Å². The number of halogens is 2. The van der Waals surface area contributed by atoms with Crippen LogP contribution in [0, 0.1) is 0 Å². The minimum absolute atomic E-state index is 0.0359. The van der Waals surface area contributed by atoms with Crippen molar-refractivity contribution in [2.75, 3.05) is 13.4 Å². The number of alkyl halides is 2. The third-order valence-corrected chi connectivity index (χ3v) is 3.84. The van der Waals surface area contributed by atoms with Crippen molar-refractivity contribution in [2.45, 2.75) is 12.4 Å². The highest BCUT2D eigenvalue weighted by Crippen LogP contribution is 2.30. The van der Waals surface area contributed by atoms with Crippen LogP contribution in [0.3, 0.4) is 0 Å². The van der Waals surface area contributed by atoms with Crippen LogP contribution in [-0.4, -0.2) is 42.9 Å². The second-order valence-electron chi connectivity index (χ2n) is 5.16. The molecule has 0 saturated carbocycles. The predicted octanol–water partition coefficient (Wildman–Crippen LogP) is 0.997. The molecule has 2 heterocycles. The Morgan fingerprint density at radius 3 is 2.56 bits per heavy atom. The summed E-state index contributed by atoms with van der Waals surface area (Å²) in [6.07, 6.45) is 3.30. The molecule has 25 heavy (non-hydrogen) atoms. The average molecular weight is 375 g/mol. The summed E-state index contributed by atoms with van der Waals surface area (Å²) in [5.74, 6) is -0.955. The number of aromatic nitrogens is 3. The number of pyridine rings is 1. The van der Waals surface area contributed by atoms with Gasteiger partial charge in [-0.1, -0.05) is 0 Å². The molecular weight excluding hydrogens is 360 g/mol. The van der Waals surface area contributed by atoms with Gasteiger partial charge in [0.2, 0.25) is 0 Å². The number of nitrogens with zero attached hydrogens (tertiary/aromatic N) is 3. The van der Waals surface area contributed by atoms with Gasteiger partial charge in [0.15, 0.2) is 21.3 Å². The average Bonchev–Trinajstić information content (AvgIpc) is 2.49. The first kappa shape index (κ1) is 18.8. The van der Waals surface area contributed by atoms with Crippen LogP contribution in [0.5, 0.6) is 11.5 Å². The van der Waals surface area contributed by atoms with Crippen molar-refractivity contribution in [1.29, 1.82) is 0 Å². The first-order valence-electron chi connectivity index (χ1n) is 6.84. The highest BCUT2D eigenvalue weighted by Gasteiger charge is 2.18. The lowest BCUT2D eigenvalue weighted by Gasteiger charge is -2.12. The molecule has 136 valence electrons. The van der Waals surface area contributed by atoms with Crippen molar-refractivity contribution >= 4 is 9.84 Å². The van der Waals surface area contributed by atoms with E-state index in [1.165, 1.54) is 31.0 Å². The van der Waals surface area contributed by atoms with E-state index in [1.54, 1.807) is 0 Å². The van der Waals surface area contributed by atoms with Gasteiger partial charge in [0.25, 0.3) is 5.56 Å². The quantitative estimate of drug-likeness (QED) is 0.742. The number of hydrogen-bond donors (Lipinski definition) is 0. The predicted molar refractivity (Wildman–Crippen MR) is 84.4 cm³/mol. The molecule has 2 aromatic rings. The molecule has 0 atom stereocenters. The molecule has 0 aliphatic carbocycles. The lowest BCUT2D eigenvalue weighted by molar-refractivity contribution is -0.0499. The Morgan fingerprint density at radius 2 is 2.00 bits per heavy atom. The molecule has 0 saturated heterocycles. The second kappa shape index (κ2) is 7.13. The molecule has 0 N–H and O–H groups in total. The summed E-state index contributed by atoms with van der Waals surface area (Å²) in [6.45, 7) is -3.13. The Balaban J connectivity index is 2.65. The molecule has 2 aromatic heterocycles. The minimum Gasteiger partial charge on any atom is -0.491 e. The molecule has 0 amide bonds. The molecular formula is C14H15F2N3O5S. The van der Waals surface area contributed by atoms with E-state index in [9.17, 15) is 22.0 Å². The zero-order chi connectivity index (χ0) is 18.8. The number of methoxy groups -OCH3 is 1. The standard InChI is InChI=1S/C14H15F2N3O5S/c1-19-6-8(4-9(23-2)13(19)20)12-10(24-14(15)16)5-17-11(18-12)7-25(3,21)22/h4-6,14H,7H2,1-3H3. The van der Waals surface area contributed by atoms with E-state index in [-0.39, 0.29) is 28.6 Å². The normalized spacial score (nSPS) is 11.6. The molecule has 0 unspecified atom stereocenters. The highest BCUT2D eigenvalue weighted by molar-refractivity contribution is 7.89. The zero-order valence-electron chi connectivity index (χ0n) is 13.6. The van der Waals surface area contributed by atoms with Crippen molar-refractivity contribution in [2.24, 2.45) is 7.05 Å². The summed E-state index contributed by atoms with van der Waals surface area (Å²) < 4.78 is 58.6. The van der Waals surface area contributed by atoms with Gasteiger partial charge < -0.3 is 14.0 Å². The maximum absolute atomic E-state index is 12.6. The van der Waals surface area contributed by atoms with Crippen molar-refractivity contribution in [3.63, 3.8) is 0 Å². The summed E-state index contributed by atoms with van der Waals surface area (Å²) >= 11 is 0. The fourth-order valence-corrected chi connectivity index (χ4v) is 2.67. The maximum atomic E-state index is 12.6. The molecule has 8 nitrogen and oxygen atoms in total. The van der Waals surface area contributed by atoms with E-state index in [0.717, 1.165) is 12.5 Å². The molecule has 0 aliphatic heterocycles. The van der Waals surface area contributed by atoms with E-state index in [1.807, 2.05) is 0 Å². The largest absolute Gasteiger partial charge is 0.491 e. The summed E-state index contributed by atoms with van der Waals surface area (Å²) in [6, 6.07) is 1.30. The minimum atomic E-state index is -3.43. The van der Waals surface area contributed by atoms with Crippen LogP contribution < -0.4 is 15.0 Å². The van der Waals surface area contributed by atoms with Gasteiger partial charge in [-0.3, -0.25) is 4.79 Å². The van der Waals surface area contributed by atoms with Crippen LogP contribution in [0.2, 0.25) is 0 Å². The molecule has 0 spiro atoms. The smallest absolute Gasteiger partial charge is 0.387 e. The second-order valence-corrected chi connectivity index (χ2v) is 7.30. The van der Waals surface area contributed by atoms with Crippen LogP contribution in [0.1, 0.15) is 5.82 Å². The molecule has 11 heteroatoms. The lowest BCUT2D eigenvalue weighted by atomic mass is 10.2. The van der Waals surface area contributed by atoms with Crippen LogP contribution in [0.25, 0.3) is 11.3 Å². The summed E-state index contributed by atoms with van der Waals surface area (Å²) in [5.41, 5.74) is -0.289. The Labute approximate surface area is 142 Å². The van der Waals surface area contributed by atoms with Gasteiger partial charge in [-0.15, -0.1) is 0 Å². The van der Waals surface area contributed by atoms with Crippen LogP contribution in [0.4, 0.5) is 8.78 Å². The van der Waals surface area contributed by atoms with Crippen LogP contribution >= 0.6 is 0 Å². The molecule has 0 fully saturated rings. The van der Waals surface area contributed by atoms with Crippen molar-refractivity contribution in [3.8, 4) is 22.8 Å². The fourth-order valence-electron chi connectivity index (χ4n) is 2.06. The van der Waals surface area contributed by atoms with E-state index in [2.05, 4.69) is 14.7 Å². The zero-order valence-corrected chi connectivity index (χ0v) is 14.4. The van der Waals surface area contributed by atoms with Gasteiger partial charge in [-0.05, 0) is 6.07 Å². The third-order valence-electron chi connectivity index (χ3n) is 3.06. The Kier molecular flexibility index (Phi) is 5.36. The summed E-state index contributed by atoms with van der Waals surface area (Å²) in [4.78, 5) is 19.6. The lowest BCUT2D eigenvalue weighted by Crippen LogP contribution is -2.18. The Morgan fingerprint density at radius 1 is 1.32 bits per heavy atom. The number of aryl methyl sites for hydroxylation is 1. The van der Waals surface area contributed by atoms with E-state index in [4.69, 9.17) is 4.74 Å². The van der Waals surface area contributed by atoms with Crippen molar-refractivity contribution < 1.29 is 26.7 Å². The van der Waals surface area contributed by atoms with Gasteiger partial charge in [-0.25, -0.2) is 18.4 Å². The van der Waals surface area contributed by atoms with Gasteiger partial charge in [-0.2, -0.15) is 8.78 Å². The van der Waals surface area contributed by atoms with E-state index >= 15 is 0 Å². The number of sulfone groups is 1. The van der Waals surface area contributed by atoms with Crippen molar-refractivity contribution in [3.05, 3.63) is 34.6 Å². The van der Waals surface area contributed by atoms with E-state index < -0.39 is 27.8 Å². The number of rotatable bonds is 6. The summed E-state index contributed by atoms with van der Waals surface area (Å²) in [7, 11) is -0.705. The monoisotopic (exact) mass is 375 g/mol. The van der Waals surface area contributed by atoms with Crippen LogP contribution in [0.15, 0.2) is 23.3 Å².